The first-order valence-corrected chi connectivity index (χ1v) is 5.91. The summed E-state index contributed by atoms with van der Waals surface area (Å²) in [6.45, 7) is 2.26. The van der Waals surface area contributed by atoms with Crippen LogP contribution >= 0.6 is 24.0 Å². The molecule has 0 radical (unpaired) electrons. The second-order valence-corrected chi connectivity index (χ2v) is 3.96. The topological polar surface area (TPSA) is 81.4 Å². The summed E-state index contributed by atoms with van der Waals surface area (Å²) in [5, 5.41) is 2.86. The van der Waals surface area contributed by atoms with Gasteiger partial charge in [-0.25, -0.2) is 0 Å². The molecule has 19 heavy (non-hydrogen) atoms. The van der Waals surface area contributed by atoms with Crippen LogP contribution in [0.15, 0.2) is 18.2 Å². The molecule has 5 nitrogen and oxygen atoms in total. The highest BCUT2D eigenvalue weighted by Gasteiger charge is 2.10. The number of ether oxygens (including phenoxy) is 1. The molecule has 1 rings (SSSR count). The molecule has 1 amide bonds. The molecule has 0 bridgehead atoms. The van der Waals surface area contributed by atoms with E-state index in [4.69, 9.17) is 22.1 Å². The lowest BCUT2D eigenvalue weighted by atomic mass is 10.2. The molecular weight excluding hydrogens is 291 g/mol. The van der Waals surface area contributed by atoms with E-state index in [9.17, 15) is 9.59 Å². The van der Waals surface area contributed by atoms with Crippen LogP contribution in [0.3, 0.4) is 0 Å². The van der Waals surface area contributed by atoms with E-state index in [2.05, 4.69) is 5.32 Å². The van der Waals surface area contributed by atoms with Gasteiger partial charge in [-0.2, -0.15) is 0 Å². The van der Waals surface area contributed by atoms with E-state index in [1.807, 2.05) is 0 Å². The SMILES string of the molecule is CCOC(=O)CCNC(=O)c1ccc(N)cc1Cl.Cl. The number of amides is 1. The monoisotopic (exact) mass is 306 g/mol. The third-order valence-corrected chi connectivity index (χ3v) is 2.47. The van der Waals surface area contributed by atoms with Gasteiger partial charge in [-0.3, -0.25) is 9.59 Å². The Balaban J connectivity index is 0.00000324. The average Bonchev–Trinajstić information content (AvgIpc) is 2.29. The largest absolute Gasteiger partial charge is 0.466 e. The molecular formula is C12H16Cl2N2O3. The molecule has 7 heteroatoms. The summed E-state index contributed by atoms with van der Waals surface area (Å²) >= 11 is 5.88. The van der Waals surface area contributed by atoms with Crippen molar-refractivity contribution < 1.29 is 14.3 Å². The maximum Gasteiger partial charge on any atom is 0.307 e. The first kappa shape index (κ1) is 17.5. The molecule has 0 atom stereocenters. The Hall–Kier alpha value is -1.46. The number of hydrogen-bond donors (Lipinski definition) is 2. The quantitative estimate of drug-likeness (QED) is 0.644. The highest BCUT2D eigenvalue weighted by atomic mass is 35.5. The number of nitrogens with one attached hydrogen (secondary N) is 1. The number of carbonyl (C=O) groups excluding carboxylic acids is 2. The molecule has 0 aliphatic carbocycles. The van der Waals surface area contributed by atoms with E-state index in [1.54, 1.807) is 13.0 Å². The summed E-state index contributed by atoms with van der Waals surface area (Å²) in [5.41, 5.74) is 6.34. The molecule has 1 aromatic rings. The summed E-state index contributed by atoms with van der Waals surface area (Å²) < 4.78 is 4.74. The summed E-state index contributed by atoms with van der Waals surface area (Å²) in [6, 6.07) is 4.63. The number of nitrogens with two attached hydrogens (primary N) is 1. The standard InChI is InChI=1S/C12H15ClN2O3.ClH/c1-2-18-11(16)5-6-15-12(17)9-4-3-8(14)7-10(9)13;/h3-4,7H,2,5-6,14H2,1H3,(H,15,17);1H. The van der Waals surface area contributed by atoms with Gasteiger partial charge in [-0.15, -0.1) is 12.4 Å². The van der Waals surface area contributed by atoms with Gasteiger partial charge >= 0.3 is 5.97 Å². The molecule has 0 aliphatic heterocycles. The fourth-order valence-electron chi connectivity index (χ4n) is 1.32. The molecule has 106 valence electrons. The van der Waals surface area contributed by atoms with Gasteiger partial charge in [-0.1, -0.05) is 11.6 Å². The number of anilines is 1. The van der Waals surface area contributed by atoms with Crippen LogP contribution in [0, 0.1) is 0 Å². The maximum atomic E-state index is 11.7. The second kappa shape index (κ2) is 8.61. The van der Waals surface area contributed by atoms with Gasteiger partial charge in [-0.05, 0) is 25.1 Å². The lowest BCUT2D eigenvalue weighted by Gasteiger charge is -2.07. The molecule has 0 aliphatic rings. The van der Waals surface area contributed by atoms with E-state index in [0.717, 1.165) is 0 Å². The minimum absolute atomic E-state index is 0. The molecule has 0 saturated heterocycles. The molecule has 0 aromatic heterocycles. The molecule has 0 heterocycles. The normalized spacial score (nSPS) is 9.37. The number of halogens is 2. The van der Waals surface area contributed by atoms with Gasteiger partial charge in [0.1, 0.15) is 0 Å². The van der Waals surface area contributed by atoms with Crippen molar-refractivity contribution in [2.75, 3.05) is 18.9 Å². The average molecular weight is 307 g/mol. The van der Waals surface area contributed by atoms with Crippen molar-refractivity contribution in [3.8, 4) is 0 Å². The van der Waals surface area contributed by atoms with E-state index >= 15 is 0 Å². The zero-order chi connectivity index (χ0) is 13.5. The minimum Gasteiger partial charge on any atom is -0.466 e. The van der Waals surface area contributed by atoms with Crippen molar-refractivity contribution in [1.82, 2.24) is 5.32 Å². The molecule has 0 saturated carbocycles. The van der Waals surface area contributed by atoms with Gasteiger partial charge in [0, 0.05) is 12.2 Å². The van der Waals surface area contributed by atoms with Crippen molar-refractivity contribution in [3.05, 3.63) is 28.8 Å². The Kier molecular flexibility index (Phi) is 7.95. The maximum absolute atomic E-state index is 11.7. The summed E-state index contributed by atoms with van der Waals surface area (Å²) in [4.78, 5) is 22.8. The smallest absolute Gasteiger partial charge is 0.307 e. The van der Waals surface area contributed by atoms with Gasteiger partial charge in [0.25, 0.3) is 5.91 Å². The minimum atomic E-state index is -0.346. The Bertz CT molecular complexity index is 453. The Labute approximate surface area is 122 Å². The fourth-order valence-corrected chi connectivity index (χ4v) is 1.60. The van der Waals surface area contributed by atoms with Crippen molar-refractivity contribution >= 4 is 41.6 Å². The number of rotatable bonds is 5. The predicted octanol–water partition coefficient (Wildman–Crippen LogP) is 2.03. The Morgan fingerprint density at radius 1 is 1.42 bits per heavy atom. The first-order chi connectivity index (χ1) is 8.54. The first-order valence-electron chi connectivity index (χ1n) is 5.53. The lowest BCUT2D eigenvalue weighted by molar-refractivity contribution is -0.142. The third kappa shape index (κ3) is 5.81. The predicted molar refractivity (Wildman–Crippen MR) is 76.7 cm³/mol. The Morgan fingerprint density at radius 3 is 2.68 bits per heavy atom. The van der Waals surface area contributed by atoms with Gasteiger partial charge < -0.3 is 15.8 Å². The zero-order valence-corrected chi connectivity index (χ0v) is 12.0. The van der Waals surface area contributed by atoms with E-state index in [1.165, 1.54) is 12.1 Å². The van der Waals surface area contributed by atoms with Crippen molar-refractivity contribution in [3.63, 3.8) is 0 Å². The van der Waals surface area contributed by atoms with Crippen LogP contribution in [0.2, 0.25) is 5.02 Å². The highest BCUT2D eigenvalue weighted by Crippen LogP contribution is 2.18. The van der Waals surface area contributed by atoms with Crippen LogP contribution in [0.1, 0.15) is 23.7 Å². The second-order valence-electron chi connectivity index (χ2n) is 3.55. The number of carbonyl (C=O) groups is 2. The van der Waals surface area contributed by atoms with Crippen molar-refractivity contribution in [2.45, 2.75) is 13.3 Å². The van der Waals surface area contributed by atoms with Gasteiger partial charge in [0.05, 0.1) is 23.6 Å². The molecule has 0 unspecified atom stereocenters. The van der Waals surface area contributed by atoms with Crippen LogP contribution in [0.25, 0.3) is 0 Å². The lowest BCUT2D eigenvalue weighted by Crippen LogP contribution is -2.26. The number of nitrogen functional groups attached to an aromatic ring is 1. The molecule has 0 fully saturated rings. The van der Waals surface area contributed by atoms with Crippen molar-refractivity contribution in [1.29, 1.82) is 0 Å². The highest BCUT2D eigenvalue weighted by molar-refractivity contribution is 6.34. The molecule has 0 spiro atoms. The molecule has 3 N–H and O–H groups in total. The number of hydrogen-bond acceptors (Lipinski definition) is 4. The fraction of sp³-hybridized carbons (Fsp3) is 0.333. The van der Waals surface area contributed by atoms with Crippen LogP contribution in [-0.2, 0) is 9.53 Å². The third-order valence-electron chi connectivity index (χ3n) is 2.16. The molecule has 1 aromatic carbocycles. The number of esters is 1. The van der Waals surface area contributed by atoms with E-state index < -0.39 is 0 Å². The number of benzene rings is 1. The van der Waals surface area contributed by atoms with E-state index in [-0.39, 0.29) is 42.3 Å². The van der Waals surface area contributed by atoms with Crippen LogP contribution < -0.4 is 11.1 Å². The van der Waals surface area contributed by atoms with Crippen LogP contribution in [-0.4, -0.2) is 25.0 Å². The zero-order valence-electron chi connectivity index (χ0n) is 10.4. The van der Waals surface area contributed by atoms with Gasteiger partial charge in [0.15, 0.2) is 0 Å². The van der Waals surface area contributed by atoms with Crippen molar-refractivity contribution in [2.24, 2.45) is 0 Å². The summed E-state index contributed by atoms with van der Waals surface area (Å²) in [5.74, 6) is -0.689. The van der Waals surface area contributed by atoms with Gasteiger partial charge in [0.2, 0.25) is 0 Å². The summed E-state index contributed by atoms with van der Waals surface area (Å²) in [6.07, 6.45) is 0.131. The van der Waals surface area contributed by atoms with Crippen LogP contribution in [0.5, 0.6) is 0 Å². The Morgan fingerprint density at radius 2 is 2.11 bits per heavy atom. The van der Waals surface area contributed by atoms with E-state index in [0.29, 0.717) is 17.9 Å². The summed E-state index contributed by atoms with van der Waals surface area (Å²) in [7, 11) is 0. The van der Waals surface area contributed by atoms with Crippen LogP contribution in [0.4, 0.5) is 5.69 Å².